The summed E-state index contributed by atoms with van der Waals surface area (Å²) in [5.41, 5.74) is 5.31. The molecule has 4 aromatic carbocycles. The van der Waals surface area contributed by atoms with Crippen LogP contribution in [0.25, 0.3) is 16.8 Å². The lowest BCUT2D eigenvalue weighted by Crippen LogP contribution is -2.37. The molecule has 6 rings (SSSR count). The first kappa shape index (κ1) is 18.8. The Bertz CT molecular complexity index is 1380. The zero-order chi connectivity index (χ0) is 21.0. The standard InChI is InChI=1S/C28H20INO/c29-21-12-13-25-23(16-21)26(27(31)30-25)28(15-14-19-7-2-4-11-24(19)28)17-20-9-5-8-18-6-1-3-10-22(18)20/h1-16,26H,17H2,(H,30,31). The van der Waals surface area contributed by atoms with Crippen LogP contribution in [0, 0.1) is 3.57 Å². The van der Waals surface area contributed by atoms with Crippen molar-refractivity contribution in [3.8, 4) is 0 Å². The van der Waals surface area contributed by atoms with Crippen LogP contribution in [0.15, 0.2) is 91.0 Å². The number of carbonyl (C=O) groups excluding carboxylic acids is 1. The van der Waals surface area contributed by atoms with Gasteiger partial charge in [-0.25, -0.2) is 0 Å². The van der Waals surface area contributed by atoms with E-state index in [1.54, 1.807) is 0 Å². The fraction of sp³-hybridized carbons (Fsp3) is 0.107. The number of anilines is 1. The van der Waals surface area contributed by atoms with Crippen LogP contribution in [0.3, 0.4) is 0 Å². The van der Waals surface area contributed by atoms with E-state index in [2.05, 4.69) is 119 Å². The van der Waals surface area contributed by atoms with Crippen molar-refractivity contribution >= 4 is 51.0 Å². The van der Waals surface area contributed by atoms with E-state index in [4.69, 9.17) is 0 Å². The molecule has 1 N–H and O–H groups in total. The first-order valence-electron chi connectivity index (χ1n) is 10.5. The third-order valence-electron chi connectivity index (χ3n) is 6.75. The van der Waals surface area contributed by atoms with Crippen molar-refractivity contribution in [3.05, 3.63) is 117 Å². The normalized spacial score (nSPS) is 21.2. The number of fused-ring (bicyclic) bond motifs is 3. The number of amides is 1. The lowest BCUT2D eigenvalue weighted by atomic mass is 9.65. The maximum Gasteiger partial charge on any atom is 0.233 e. The Morgan fingerprint density at radius 3 is 2.65 bits per heavy atom. The van der Waals surface area contributed by atoms with Crippen molar-refractivity contribution in [3.63, 3.8) is 0 Å². The summed E-state index contributed by atoms with van der Waals surface area (Å²) in [7, 11) is 0. The predicted molar refractivity (Wildman–Crippen MR) is 135 cm³/mol. The van der Waals surface area contributed by atoms with Gasteiger partial charge < -0.3 is 5.32 Å². The van der Waals surface area contributed by atoms with E-state index in [1.165, 1.54) is 27.5 Å². The number of halogens is 1. The largest absolute Gasteiger partial charge is 0.325 e. The van der Waals surface area contributed by atoms with Gasteiger partial charge in [0.05, 0.1) is 5.92 Å². The second-order valence-corrected chi connectivity index (χ2v) is 9.68. The first-order chi connectivity index (χ1) is 15.2. The van der Waals surface area contributed by atoms with Gasteiger partial charge in [-0.2, -0.15) is 0 Å². The number of nitrogens with one attached hydrogen (secondary N) is 1. The molecular formula is C28H20INO. The summed E-state index contributed by atoms with van der Waals surface area (Å²) in [5.74, 6) is -0.185. The molecule has 0 spiro atoms. The molecule has 150 valence electrons. The van der Waals surface area contributed by atoms with Crippen LogP contribution in [-0.4, -0.2) is 5.91 Å². The van der Waals surface area contributed by atoms with Gasteiger partial charge in [-0.15, -0.1) is 0 Å². The molecule has 31 heavy (non-hydrogen) atoms. The van der Waals surface area contributed by atoms with Crippen molar-refractivity contribution in [1.29, 1.82) is 0 Å². The summed E-state index contributed by atoms with van der Waals surface area (Å²) in [4.78, 5) is 13.5. The molecule has 0 aromatic heterocycles. The quantitative estimate of drug-likeness (QED) is 0.304. The Morgan fingerprint density at radius 1 is 0.903 bits per heavy atom. The Kier molecular flexibility index (Phi) is 4.29. The highest BCUT2D eigenvalue weighted by atomic mass is 127. The zero-order valence-corrected chi connectivity index (χ0v) is 19.0. The molecule has 2 unspecified atom stereocenters. The molecular weight excluding hydrogens is 493 g/mol. The molecule has 4 aromatic rings. The average molecular weight is 513 g/mol. The molecule has 0 bridgehead atoms. The summed E-state index contributed by atoms with van der Waals surface area (Å²) in [6.45, 7) is 0. The average Bonchev–Trinajstić information content (AvgIpc) is 3.31. The molecule has 0 saturated carbocycles. The Morgan fingerprint density at radius 2 is 1.71 bits per heavy atom. The van der Waals surface area contributed by atoms with E-state index < -0.39 is 5.41 Å². The highest BCUT2D eigenvalue weighted by Gasteiger charge is 2.50. The fourth-order valence-corrected chi connectivity index (χ4v) is 5.92. The molecule has 1 aliphatic heterocycles. The van der Waals surface area contributed by atoms with Gasteiger partial charge in [0, 0.05) is 14.7 Å². The minimum absolute atomic E-state index is 0.0820. The molecule has 1 aliphatic carbocycles. The van der Waals surface area contributed by atoms with Crippen LogP contribution in [0.5, 0.6) is 0 Å². The van der Waals surface area contributed by atoms with E-state index in [0.717, 1.165) is 21.2 Å². The molecule has 1 amide bonds. The van der Waals surface area contributed by atoms with Crippen LogP contribution >= 0.6 is 22.6 Å². The number of benzene rings is 4. The van der Waals surface area contributed by atoms with Crippen molar-refractivity contribution < 1.29 is 4.79 Å². The Balaban J connectivity index is 1.59. The molecule has 3 heteroatoms. The lowest BCUT2D eigenvalue weighted by molar-refractivity contribution is -0.118. The maximum absolute atomic E-state index is 13.5. The minimum atomic E-state index is -0.430. The van der Waals surface area contributed by atoms with Gasteiger partial charge in [-0.3, -0.25) is 4.79 Å². The highest BCUT2D eigenvalue weighted by molar-refractivity contribution is 14.1. The monoisotopic (exact) mass is 513 g/mol. The first-order valence-corrected chi connectivity index (χ1v) is 11.6. The zero-order valence-electron chi connectivity index (χ0n) is 16.8. The van der Waals surface area contributed by atoms with Gasteiger partial charge in [-0.1, -0.05) is 78.9 Å². The predicted octanol–water partition coefficient (Wildman–Crippen LogP) is 6.69. The van der Waals surface area contributed by atoms with Gasteiger partial charge in [0.1, 0.15) is 0 Å². The van der Waals surface area contributed by atoms with E-state index in [9.17, 15) is 4.79 Å². The van der Waals surface area contributed by atoms with Crippen LogP contribution in [0.4, 0.5) is 5.69 Å². The van der Waals surface area contributed by atoms with Crippen LogP contribution in [0.2, 0.25) is 0 Å². The number of hydrogen-bond acceptors (Lipinski definition) is 1. The van der Waals surface area contributed by atoms with E-state index in [-0.39, 0.29) is 11.8 Å². The van der Waals surface area contributed by atoms with E-state index in [1.807, 2.05) is 6.07 Å². The van der Waals surface area contributed by atoms with E-state index >= 15 is 0 Å². The summed E-state index contributed by atoms with van der Waals surface area (Å²) in [6.07, 6.45) is 5.24. The van der Waals surface area contributed by atoms with Crippen molar-refractivity contribution in [1.82, 2.24) is 0 Å². The van der Waals surface area contributed by atoms with Crippen molar-refractivity contribution in [2.45, 2.75) is 17.8 Å². The Hall–Kier alpha value is -2.92. The van der Waals surface area contributed by atoms with Crippen LogP contribution in [0.1, 0.15) is 28.2 Å². The SMILES string of the molecule is O=C1Nc2ccc(I)cc2C1C1(Cc2cccc3ccccc23)C=Cc2ccccc21. The van der Waals surface area contributed by atoms with Gasteiger partial charge in [-0.05, 0) is 80.2 Å². The number of rotatable bonds is 3. The van der Waals surface area contributed by atoms with Gasteiger partial charge in [0.25, 0.3) is 0 Å². The number of hydrogen-bond donors (Lipinski definition) is 1. The third kappa shape index (κ3) is 2.87. The molecule has 1 heterocycles. The lowest BCUT2D eigenvalue weighted by Gasteiger charge is -2.35. The maximum atomic E-state index is 13.5. The van der Waals surface area contributed by atoms with Crippen molar-refractivity contribution in [2.75, 3.05) is 5.32 Å². The van der Waals surface area contributed by atoms with E-state index in [0.29, 0.717) is 0 Å². The summed E-state index contributed by atoms with van der Waals surface area (Å²) in [5, 5.41) is 5.64. The van der Waals surface area contributed by atoms with Crippen LogP contribution < -0.4 is 5.32 Å². The third-order valence-corrected chi connectivity index (χ3v) is 7.42. The summed E-state index contributed by atoms with van der Waals surface area (Å²) in [6, 6.07) is 29.8. The second-order valence-electron chi connectivity index (χ2n) is 8.43. The van der Waals surface area contributed by atoms with Crippen molar-refractivity contribution in [2.24, 2.45) is 0 Å². The highest BCUT2D eigenvalue weighted by Crippen LogP contribution is 2.53. The molecule has 2 nitrogen and oxygen atoms in total. The minimum Gasteiger partial charge on any atom is -0.325 e. The molecule has 0 fully saturated rings. The van der Waals surface area contributed by atoms with Gasteiger partial charge in [0.15, 0.2) is 0 Å². The Labute approximate surface area is 195 Å². The smallest absolute Gasteiger partial charge is 0.233 e. The van der Waals surface area contributed by atoms with Crippen LogP contribution in [-0.2, 0) is 16.6 Å². The summed E-state index contributed by atoms with van der Waals surface area (Å²) >= 11 is 2.34. The molecule has 0 radical (unpaired) electrons. The summed E-state index contributed by atoms with van der Waals surface area (Å²) < 4.78 is 1.15. The molecule has 0 saturated heterocycles. The number of allylic oxidation sites excluding steroid dienone is 1. The fourth-order valence-electron chi connectivity index (χ4n) is 5.41. The van der Waals surface area contributed by atoms with Gasteiger partial charge in [0.2, 0.25) is 5.91 Å². The second kappa shape index (κ2) is 7.06. The number of carbonyl (C=O) groups is 1. The topological polar surface area (TPSA) is 29.1 Å². The molecule has 2 atom stereocenters. The molecule has 2 aliphatic rings. The van der Waals surface area contributed by atoms with Gasteiger partial charge >= 0.3 is 0 Å².